The lowest BCUT2D eigenvalue weighted by atomic mass is 10.1. The number of aromatic nitrogens is 1. The van der Waals surface area contributed by atoms with E-state index in [2.05, 4.69) is 16.0 Å². The Morgan fingerprint density at radius 2 is 1.94 bits per heavy atom. The van der Waals surface area contributed by atoms with Crippen LogP contribution in [0.4, 0.5) is 5.13 Å². The molecule has 0 fully saturated rings. The summed E-state index contributed by atoms with van der Waals surface area (Å²) in [5.41, 5.74) is 12.9. The summed E-state index contributed by atoms with van der Waals surface area (Å²) in [6.45, 7) is 0. The van der Waals surface area contributed by atoms with E-state index < -0.39 is 0 Å². The molecule has 5 nitrogen and oxygen atoms in total. The fourth-order valence-corrected chi connectivity index (χ4v) is 1.99. The largest absolute Gasteiger partial charge is 0.370 e. The van der Waals surface area contributed by atoms with Crippen LogP contribution in [0, 0.1) is 11.3 Å². The number of aliphatic imine (C=N–C) groups is 1. The van der Waals surface area contributed by atoms with E-state index in [-0.39, 0.29) is 22.9 Å². The van der Waals surface area contributed by atoms with Gasteiger partial charge in [0.15, 0.2) is 5.96 Å². The molecule has 1 aromatic carbocycles. The minimum Gasteiger partial charge on any atom is -0.370 e. The molecule has 0 spiro atoms. The highest BCUT2D eigenvalue weighted by atomic mass is 79.9. The van der Waals surface area contributed by atoms with Gasteiger partial charge in [-0.3, -0.25) is 0 Å². The van der Waals surface area contributed by atoms with Crippen LogP contribution >= 0.6 is 28.3 Å². The van der Waals surface area contributed by atoms with Crippen molar-refractivity contribution >= 4 is 39.4 Å². The molecular weight excluding hydrogens is 314 g/mol. The molecular formula is C11H10BrN5S. The number of benzene rings is 1. The van der Waals surface area contributed by atoms with E-state index >= 15 is 0 Å². The van der Waals surface area contributed by atoms with Crippen molar-refractivity contribution in [2.45, 2.75) is 0 Å². The fraction of sp³-hybridized carbons (Fsp3) is 0. The maximum absolute atomic E-state index is 8.69. The molecule has 0 unspecified atom stereocenters. The summed E-state index contributed by atoms with van der Waals surface area (Å²) in [4.78, 5) is 8.13. The van der Waals surface area contributed by atoms with E-state index in [9.17, 15) is 0 Å². The number of hydrogen-bond donors (Lipinski definition) is 2. The first-order chi connectivity index (χ1) is 8.19. The number of halogens is 1. The number of guanidine groups is 1. The Morgan fingerprint density at radius 3 is 2.50 bits per heavy atom. The standard InChI is InChI=1S/C11H9N5S.BrH/c12-5-7-1-3-8(4-2-7)9-6-17-11(15-9)16-10(13)14;/h1-4,6H,(H4,13,14,15,16);1H. The average Bonchev–Trinajstić information content (AvgIpc) is 2.77. The first-order valence-corrected chi connectivity index (χ1v) is 5.62. The van der Waals surface area contributed by atoms with Gasteiger partial charge in [0.05, 0.1) is 17.3 Å². The lowest BCUT2D eigenvalue weighted by Crippen LogP contribution is -2.21. The number of thiazole rings is 1. The van der Waals surface area contributed by atoms with Crippen LogP contribution in [-0.4, -0.2) is 10.9 Å². The van der Waals surface area contributed by atoms with Crippen molar-refractivity contribution in [2.24, 2.45) is 16.5 Å². The van der Waals surface area contributed by atoms with Crippen LogP contribution in [0.5, 0.6) is 0 Å². The Bertz CT molecular complexity index is 593. The van der Waals surface area contributed by atoms with Gasteiger partial charge in [0.25, 0.3) is 0 Å². The molecule has 0 saturated carbocycles. The third kappa shape index (κ3) is 3.29. The highest BCUT2D eigenvalue weighted by Crippen LogP contribution is 2.26. The molecule has 18 heavy (non-hydrogen) atoms. The second kappa shape index (κ2) is 6.14. The van der Waals surface area contributed by atoms with Crippen molar-refractivity contribution in [1.29, 1.82) is 5.26 Å². The highest BCUT2D eigenvalue weighted by molar-refractivity contribution is 8.93. The molecule has 2 rings (SSSR count). The van der Waals surface area contributed by atoms with E-state index in [1.807, 2.05) is 17.5 Å². The van der Waals surface area contributed by atoms with Crippen LogP contribution in [0.3, 0.4) is 0 Å². The summed E-state index contributed by atoms with van der Waals surface area (Å²) in [6, 6.07) is 9.23. The predicted molar refractivity (Wildman–Crippen MR) is 78.1 cm³/mol. The smallest absolute Gasteiger partial charge is 0.212 e. The van der Waals surface area contributed by atoms with Crippen molar-refractivity contribution < 1.29 is 0 Å². The zero-order valence-corrected chi connectivity index (χ0v) is 11.7. The van der Waals surface area contributed by atoms with Crippen molar-refractivity contribution in [1.82, 2.24) is 4.98 Å². The summed E-state index contributed by atoms with van der Waals surface area (Å²) in [6.07, 6.45) is 0. The second-order valence-electron chi connectivity index (χ2n) is 3.24. The summed E-state index contributed by atoms with van der Waals surface area (Å²) in [7, 11) is 0. The van der Waals surface area contributed by atoms with Crippen LogP contribution < -0.4 is 11.5 Å². The Balaban J connectivity index is 0.00000162. The molecule has 0 amide bonds. The van der Waals surface area contributed by atoms with Crippen molar-refractivity contribution in [2.75, 3.05) is 0 Å². The van der Waals surface area contributed by atoms with Crippen LogP contribution in [0.1, 0.15) is 5.56 Å². The third-order valence-corrected chi connectivity index (χ3v) is 2.76. The molecule has 0 saturated heterocycles. The van der Waals surface area contributed by atoms with E-state index in [4.69, 9.17) is 16.7 Å². The van der Waals surface area contributed by atoms with Crippen LogP contribution in [0.2, 0.25) is 0 Å². The molecule has 0 atom stereocenters. The van der Waals surface area contributed by atoms with Gasteiger partial charge in [0.2, 0.25) is 5.13 Å². The number of hydrogen-bond acceptors (Lipinski definition) is 4. The van der Waals surface area contributed by atoms with Gasteiger partial charge in [-0.1, -0.05) is 12.1 Å². The summed E-state index contributed by atoms with van der Waals surface area (Å²) in [5, 5.41) is 11.1. The number of nitrogens with zero attached hydrogens (tertiary/aromatic N) is 3. The molecule has 0 bridgehead atoms. The maximum atomic E-state index is 8.69. The Hall–Kier alpha value is -1.91. The number of nitriles is 1. The average molecular weight is 324 g/mol. The van der Waals surface area contributed by atoms with E-state index in [0.29, 0.717) is 10.7 Å². The minimum absolute atomic E-state index is 0. The molecule has 0 aliphatic rings. The van der Waals surface area contributed by atoms with Gasteiger partial charge in [-0.15, -0.1) is 28.3 Å². The van der Waals surface area contributed by atoms with Crippen LogP contribution in [-0.2, 0) is 0 Å². The fourth-order valence-electron chi connectivity index (χ4n) is 1.27. The molecule has 0 aliphatic carbocycles. The minimum atomic E-state index is -0.00858. The Labute approximate surface area is 119 Å². The normalized spacial score (nSPS) is 9.06. The highest BCUT2D eigenvalue weighted by Gasteiger charge is 2.03. The first kappa shape index (κ1) is 14.2. The van der Waals surface area contributed by atoms with Crippen LogP contribution in [0.25, 0.3) is 11.3 Å². The molecule has 1 aromatic heterocycles. The third-order valence-electron chi connectivity index (χ3n) is 2.03. The van der Waals surface area contributed by atoms with E-state index in [0.717, 1.165) is 11.3 Å². The zero-order chi connectivity index (χ0) is 12.3. The van der Waals surface area contributed by atoms with E-state index in [1.165, 1.54) is 11.3 Å². The predicted octanol–water partition coefficient (Wildman–Crippen LogP) is 2.16. The molecule has 2 aromatic rings. The van der Waals surface area contributed by atoms with Gasteiger partial charge < -0.3 is 11.5 Å². The Morgan fingerprint density at radius 1 is 1.28 bits per heavy atom. The SMILES string of the molecule is Br.N#Cc1ccc(-c2csc(N=C(N)N)n2)cc1. The van der Waals surface area contributed by atoms with Gasteiger partial charge in [-0.05, 0) is 12.1 Å². The van der Waals surface area contributed by atoms with Gasteiger partial charge in [-0.25, -0.2) is 4.98 Å². The van der Waals surface area contributed by atoms with Crippen LogP contribution in [0.15, 0.2) is 34.6 Å². The van der Waals surface area contributed by atoms with Crippen molar-refractivity contribution in [3.05, 3.63) is 35.2 Å². The second-order valence-corrected chi connectivity index (χ2v) is 4.08. The molecule has 92 valence electrons. The van der Waals surface area contributed by atoms with Gasteiger partial charge in [-0.2, -0.15) is 10.3 Å². The first-order valence-electron chi connectivity index (χ1n) is 4.75. The summed E-state index contributed by atoms with van der Waals surface area (Å²) < 4.78 is 0. The van der Waals surface area contributed by atoms with Gasteiger partial charge in [0, 0.05) is 10.9 Å². The van der Waals surface area contributed by atoms with Gasteiger partial charge in [0.1, 0.15) is 0 Å². The summed E-state index contributed by atoms with van der Waals surface area (Å²) >= 11 is 1.36. The lowest BCUT2D eigenvalue weighted by Gasteiger charge is -1.95. The monoisotopic (exact) mass is 323 g/mol. The van der Waals surface area contributed by atoms with Gasteiger partial charge >= 0.3 is 0 Å². The molecule has 0 radical (unpaired) electrons. The molecule has 4 N–H and O–H groups in total. The van der Waals surface area contributed by atoms with Crippen molar-refractivity contribution in [3.63, 3.8) is 0 Å². The van der Waals surface area contributed by atoms with Crippen molar-refractivity contribution in [3.8, 4) is 17.3 Å². The lowest BCUT2D eigenvalue weighted by molar-refractivity contribution is 1.33. The molecule has 0 aliphatic heterocycles. The number of rotatable bonds is 2. The topological polar surface area (TPSA) is 101 Å². The zero-order valence-electron chi connectivity index (χ0n) is 9.20. The quantitative estimate of drug-likeness (QED) is 0.653. The summed E-state index contributed by atoms with van der Waals surface area (Å²) in [5.74, 6) is -0.00858. The Kier molecular flexibility index (Phi) is 4.83. The van der Waals surface area contributed by atoms with E-state index in [1.54, 1.807) is 12.1 Å². The number of nitrogens with two attached hydrogens (primary N) is 2. The molecule has 1 heterocycles. The maximum Gasteiger partial charge on any atom is 0.212 e. The molecule has 7 heteroatoms.